The highest BCUT2D eigenvalue weighted by Gasteiger charge is 2.15. The fourth-order valence-corrected chi connectivity index (χ4v) is 2.32. The Hall–Kier alpha value is -2.24. The molecule has 0 saturated carbocycles. The Morgan fingerprint density at radius 1 is 0.968 bits per heavy atom. The molecule has 0 aliphatic rings. The number of ether oxygens (including phenoxy) is 2. The maximum absolute atomic E-state index is 12.1. The van der Waals surface area contributed by atoms with Crippen molar-refractivity contribution in [3.63, 3.8) is 0 Å². The lowest BCUT2D eigenvalue weighted by Gasteiger charge is -2.19. The molecule has 0 spiro atoms. The summed E-state index contributed by atoms with van der Waals surface area (Å²) in [4.78, 5) is 28.2. The number of guanidine groups is 1. The van der Waals surface area contributed by atoms with E-state index >= 15 is 0 Å². The van der Waals surface area contributed by atoms with Gasteiger partial charge in [0.2, 0.25) is 0 Å². The van der Waals surface area contributed by atoms with E-state index in [9.17, 15) is 9.59 Å². The summed E-state index contributed by atoms with van der Waals surface area (Å²) in [5.74, 6) is 1.23. The van der Waals surface area contributed by atoms with E-state index in [0.717, 1.165) is 6.54 Å². The number of amides is 2. The summed E-state index contributed by atoms with van der Waals surface area (Å²) in [6.45, 7) is 10.2. The number of nitrogens with one attached hydrogen (secondary N) is 4. The van der Waals surface area contributed by atoms with Gasteiger partial charge < -0.3 is 30.7 Å². The average Bonchev–Trinajstić information content (AvgIpc) is 2.69. The van der Waals surface area contributed by atoms with Crippen molar-refractivity contribution < 1.29 is 19.1 Å². The number of rotatable bonds is 10. The fraction of sp³-hybridized carbons (Fsp3) is 0.571. The molecule has 4 N–H and O–H groups in total. The van der Waals surface area contributed by atoms with E-state index < -0.39 is 11.7 Å². The van der Waals surface area contributed by atoms with E-state index in [2.05, 4.69) is 26.3 Å². The van der Waals surface area contributed by atoms with Gasteiger partial charge in [-0.3, -0.25) is 9.79 Å². The van der Waals surface area contributed by atoms with Gasteiger partial charge in [-0.15, -0.1) is 24.0 Å². The molecule has 0 radical (unpaired) electrons. The third kappa shape index (κ3) is 13.6. The van der Waals surface area contributed by atoms with E-state index in [0.29, 0.717) is 49.9 Å². The van der Waals surface area contributed by atoms with Crippen LogP contribution in [0.15, 0.2) is 29.3 Å². The van der Waals surface area contributed by atoms with Gasteiger partial charge in [-0.05, 0) is 58.4 Å². The van der Waals surface area contributed by atoms with Crippen LogP contribution in [0.4, 0.5) is 4.79 Å². The Morgan fingerprint density at radius 3 is 2.19 bits per heavy atom. The van der Waals surface area contributed by atoms with Crippen molar-refractivity contribution in [2.24, 2.45) is 4.99 Å². The monoisotopic (exact) mass is 549 g/mol. The molecule has 9 nitrogen and oxygen atoms in total. The zero-order valence-corrected chi connectivity index (χ0v) is 21.4. The quantitative estimate of drug-likeness (QED) is 0.155. The van der Waals surface area contributed by atoms with Gasteiger partial charge in [-0.1, -0.05) is 0 Å². The fourth-order valence-electron chi connectivity index (χ4n) is 2.32. The van der Waals surface area contributed by atoms with E-state index in [1.54, 1.807) is 31.4 Å². The van der Waals surface area contributed by atoms with Gasteiger partial charge in [-0.25, -0.2) is 4.79 Å². The predicted octanol–water partition coefficient (Wildman–Crippen LogP) is 2.51. The third-order valence-corrected chi connectivity index (χ3v) is 3.67. The highest BCUT2D eigenvalue weighted by atomic mass is 127. The van der Waals surface area contributed by atoms with Crippen molar-refractivity contribution >= 4 is 41.9 Å². The molecule has 0 atom stereocenters. The van der Waals surface area contributed by atoms with Crippen LogP contribution in [-0.2, 0) is 4.74 Å². The first-order valence-corrected chi connectivity index (χ1v) is 10.2. The standard InChI is InChI=1S/C21H35N5O4.HI/c1-6-22-19(24-12-7-13-26-20(28)30-21(2,3)4)25-15-14-23-18(27)16-8-10-17(29-5)11-9-16;/h8-11H,6-7,12-15H2,1-5H3,(H,23,27)(H,26,28)(H2,22,24,25);1H. The minimum absolute atomic E-state index is 0. The van der Waals surface area contributed by atoms with Crippen LogP contribution in [0.5, 0.6) is 5.75 Å². The Kier molecular flexibility index (Phi) is 14.4. The van der Waals surface area contributed by atoms with Crippen LogP contribution in [0.1, 0.15) is 44.5 Å². The van der Waals surface area contributed by atoms with Crippen LogP contribution >= 0.6 is 24.0 Å². The van der Waals surface area contributed by atoms with Gasteiger partial charge in [-0.2, -0.15) is 0 Å². The molecule has 0 aliphatic heterocycles. The summed E-state index contributed by atoms with van der Waals surface area (Å²) in [6, 6.07) is 6.94. The van der Waals surface area contributed by atoms with Gasteiger partial charge >= 0.3 is 6.09 Å². The van der Waals surface area contributed by atoms with Crippen molar-refractivity contribution in [2.75, 3.05) is 39.8 Å². The number of methoxy groups -OCH3 is 1. The van der Waals surface area contributed by atoms with Gasteiger partial charge in [0.25, 0.3) is 5.91 Å². The molecule has 1 aromatic carbocycles. The maximum Gasteiger partial charge on any atom is 0.407 e. The predicted molar refractivity (Wildman–Crippen MR) is 134 cm³/mol. The van der Waals surface area contributed by atoms with Crippen molar-refractivity contribution in [3.8, 4) is 5.75 Å². The summed E-state index contributed by atoms with van der Waals surface area (Å²) in [6.07, 6.45) is 0.258. The SMILES string of the molecule is CCNC(=NCCCNC(=O)OC(C)(C)C)NCCNC(=O)c1ccc(OC)cc1.I. The average molecular weight is 549 g/mol. The number of aliphatic imine (C=N–C) groups is 1. The smallest absolute Gasteiger partial charge is 0.407 e. The van der Waals surface area contributed by atoms with Crippen LogP contribution in [0.2, 0.25) is 0 Å². The molecule has 0 aliphatic carbocycles. The van der Waals surface area contributed by atoms with Crippen LogP contribution in [0, 0.1) is 0 Å². The molecule has 0 unspecified atom stereocenters. The molecule has 1 aromatic rings. The lowest BCUT2D eigenvalue weighted by atomic mass is 10.2. The Balaban J connectivity index is 0.00000900. The Labute approximate surface area is 202 Å². The van der Waals surface area contributed by atoms with Crippen LogP contribution in [0.3, 0.4) is 0 Å². The number of carbonyl (C=O) groups excluding carboxylic acids is 2. The van der Waals surface area contributed by atoms with E-state index in [1.807, 2.05) is 27.7 Å². The van der Waals surface area contributed by atoms with E-state index in [-0.39, 0.29) is 29.9 Å². The second kappa shape index (κ2) is 15.5. The topological polar surface area (TPSA) is 113 Å². The zero-order chi connectivity index (χ0) is 22.4. The van der Waals surface area contributed by atoms with Gasteiger partial charge in [0.15, 0.2) is 5.96 Å². The second-order valence-corrected chi connectivity index (χ2v) is 7.45. The first-order chi connectivity index (χ1) is 14.2. The highest BCUT2D eigenvalue weighted by Crippen LogP contribution is 2.10. The zero-order valence-electron chi connectivity index (χ0n) is 19.0. The summed E-state index contributed by atoms with van der Waals surface area (Å²) in [7, 11) is 1.59. The minimum Gasteiger partial charge on any atom is -0.497 e. The van der Waals surface area contributed by atoms with E-state index in [1.165, 1.54) is 0 Å². The summed E-state index contributed by atoms with van der Waals surface area (Å²) < 4.78 is 10.3. The first kappa shape index (κ1) is 28.8. The number of alkyl carbamates (subject to hydrolysis) is 1. The summed E-state index contributed by atoms with van der Waals surface area (Å²) in [5, 5.41) is 11.9. The van der Waals surface area contributed by atoms with Crippen molar-refractivity contribution in [1.82, 2.24) is 21.3 Å². The lowest BCUT2D eigenvalue weighted by Crippen LogP contribution is -2.41. The lowest BCUT2D eigenvalue weighted by molar-refractivity contribution is 0.0527. The van der Waals surface area contributed by atoms with Crippen molar-refractivity contribution in [1.29, 1.82) is 0 Å². The summed E-state index contributed by atoms with van der Waals surface area (Å²) >= 11 is 0. The highest BCUT2D eigenvalue weighted by molar-refractivity contribution is 14.0. The molecular weight excluding hydrogens is 513 g/mol. The maximum atomic E-state index is 12.1. The van der Waals surface area contributed by atoms with Gasteiger partial charge in [0, 0.05) is 38.3 Å². The molecule has 31 heavy (non-hydrogen) atoms. The molecule has 2 amide bonds. The number of hydrogen-bond acceptors (Lipinski definition) is 5. The molecular formula is C21H36IN5O4. The first-order valence-electron chi connectivity index (χ1n) is 10.2. The number of nitrogens with zero attached hydrogens (tertiary/aromatic N) is 1. The van der Waals surface area contributed by atoms with Crippen molar-refractivity contribution in [3.05, 3.63) is 29.8 Å². The number of hydrogen-bond donors (Lipinski definition) is 4. The normalized spacial score (nSPS) is 11.1. The minimum atomic E-state index is -0.507. The number of halogens is 1. The second-order valence-electron chi connectivity index (χ2n) is 7.45. The van der Waals surface area contributed by atoms with E-state index in [4.69, 9.17) is 9.47 Å². The summed E-state index contributed by atoms with van der Waals surface area (Å²) in [5.41, 5.74) is 0.0709. The van der Waals surface area contributed by atoms with Crippen LogP contribution in [-0.4, -0.2) is 63.4 Å². The van der Waals surface area contributed by atoms with Gasteiger partial charge in [0.1, 0.15) is 11.4 Å². The molecule has 0 fully saturated rings. The molecule has 0 bridgehead atoms. The molecule has 176 valence electrons. The molecule has 10 heteroatoms. The van der Waals surface area contributed by atoms with Crippen LogP contribution in [0.25, 0.3) is 0 Å². The number of benzene rings is 1. The Bertz CT molecular complexity index is 690. The van der Waals surface area contributed by atoms with Crippen LogP contribution < -0.4 is 26.0 Å². The largest absolute Gasteiger partial charge is 0.497 e. The van der Waals surface area contributed by atoms with Gasteiger partial charge in [0.05, 0.1) is 7.11 Å². The molecule has 0 aromatic heterocycles. The molecule has 0 heterocycles. The Morgan fingerprint density at radius 2 is 1.61 bits per heavy atom. The van der Waals surface area contributed by atoms with Crippen molar-refractivity contribution in [2.45, 2.75) is 39.7 Å². The third-order valence-electron chi connectivity index (χ3n) is 3.67. The molecule has 1 rings (SSSR count). The number of carbonyl (C=O) groups is 2. The molecule has 0 saturated heterocycles.